The van der Waals surface area contributed by atoms with Gasteiger partial charge in [0.1, 0.15) is 11.7 Å². The summed E-state index contributed by atoms with van der Waals surface area (Å²) in [6, 6.07) is 15.4. The number of aryl methyl sites for hydroxylation is 1. The Morgan fingerprint density at radius 1 is 1.00 bits per heavy atom. The van der Waals surface area contributed by atoms with Gasteiger partial charge in [0.05, 0.1) is 0 Å². The number of fused-ring (bicyclic) bond motifs is 2. The molecule has 2 aliphatic heterocycles. The first-order valence-electron chi connectivity index (χ1n) is 11.4. The van der Waals surface area contributed by atoms with Crippen LogP contribution in [-0.2, 0) is 12.8 Å². The molecule has 0 amide bonds. The van der Waals surface area contributed by atoms with Crippen molar-refractivity contribution in [3.63, 3.8) is 0 Å². The molecular weight excluding hydrogens is 400 g/mol. The summed E-state index contributed by atoms with van der Waals surface area (Å²) in [5, 5.41) is 24.4. The smallest absolute Gasteiger partial charge is 0.134 e. The molecule has 4 nitrogen and oxygen atoms in total. The van der Waals surface area contributed by atoms with Crippen LogP contribution in [0.4, 0.5) is 0 Å². The summed E-state index contributed by atoms with van der Waals surface area (Å²) in [6.45, 7) is 3.98. The van der Waals surface area contributed by atoms with Crippen molar-refractivity contribution in [2.75, 3.05) is 26.2 Å². The molecule has 2 N–H and O–H groups in total. The van der Waals surface area contributed by atoms with Gasteiger partial charge in [-0.15, -0.1) is 0 Å². The maximum Gasteiger partial charge on any atom is 0.134 e. The van der Waals surface area contributed by atoms with E-state index in [1.807, 2.05) is 4.90 Å². The van der Waals surface area contributed by atoms with Crippen LogP contribution in [0, 0.1) is 16.7 Å². The Bertz CT molecular complexity index is 1090. The minimum atomic E-state index is 0.275. The van der Waals surface area contributed by atoms with E-state index in [-0.39, 0.29) is 5.92 Å². The van der Waals surface area contributed by atoms with E-state index in [1.54, 1.807) is 11.3 Å². The highest BCUT2D eigenvalue weighted by Crippen LogP contribution is 2.26. The summed E-state index contributed by atoms with van der Waals surface area (Å²) >= 11 is 1.68. The van der Waals surface area contributed by atoms with Crippen molar-refractivity contribution in [3.8, 4) is 0 Å². The first kappa shape index (κ1) is 20.4. The average Bonchev–Trinajstić information content (AvgIpc) is 3.22. The predicted molar refractivity (Wildman–Crippen MR) is 131 cm³/mol. The highest BCUT2D eigenvalue weighted by molar-refractivity contribution is 7.08. The number of likely N-dealkylation sites (tertiary alicyclic amines) is 1. The highest BCUT2D eigenvalue weighted by atomic mass is 32.1. The Labute approximate surface area is 188 Å². The Balaban J connectivity index is 1.15. The predicted octanol–water partition coefficient (Wildman–Crippen LogP) is 5.41. The van der Waals surface area contributed by atoms with E-state index >= 15 is 0 Å². The van der Waals surface area contributed by atoms with Crippen LogP contribution in [0.15, 0.2) is 53.2 Å². The van der Waals surface area contributed by atoms with Gasteiger partial charge in [0.2, 0.25) is 0 Å². The quantitative estimate of drug-likeness (QED) is 0.430. The molecule has 0 bridgehead atoms. The summed E-state index contributed by atoms with van der Waals surface area (Å²) < 4.78 is 0. The van der Waals surface area contributed by atoms with Crippen molar-refractivity contribution in [1.29, 1.82) is 10.8 Å². The van der Waals surface area contributed by atoms with E-state index in [9.17, 15) is 0 Å². The van der Waals surface area contributed by atoms with Crippen LogP contribution in [0.1, 0.15) is 36.0 Å². The van der Waals surface area contributed by atoms with E-state index < -0.39 is 0 Å². The normalized spacial score (nSPS) is 18.2. The second kappa shape index (κ2) is 8.93. The van der Waals surface area contributed by atoms with Crippen molar-refractivity contribution < 1.29 is 0 Å². The second-order valence-electron chi connectivity index (χ2n) is 8.85. The van der Waals surface area contributed by atoms with Crippen molar-refractivity contribution >= 4 is 33.8 Å². The zero-order valence-corrected chi connectivity index (χ0v) is 18.8. The molecule has 0 saturated carbocycles. The van der Waals surface area contributed by atoms with Crippen molar-refractivity contribution in [1.82, 2.24) is 9.80 Å². The highest BCUT2D eigenvalue weighted by Gasteiger charge is 2.29. The number of nitrogens with one attached hydrogen (secondary N) is 2. The molecule has 5 rings (SSSR count). The Morgan fingerprint density at radius 3 is 2.65 bits per heavy atom. The molecule has 3 heterocycles. The van der Waals surface area contributed by atoms with Gasteiger partial charge >= 0.3 is 0 Å². The summed E-state index contributed by atoms with van der Waals surface area (Å²) in [5.74, 6) is 1.48. The molecule has 0 aliphatic carbocycles. The number of piperidine rings is 1. The van der Waals surface area contributed by atoms with Gasteiger partial charge in [-0.1, -0.05) is 42.5 Å². The van der Waals surface area contributed by atoms with E-state index in [0.29, 0.717) is 11.7 Å². The lowest BCUT2D eigenvalue weighted by Gasteiger charge is -2.35. The standard InChI is InChI=1S/C26H30N4S/c27-25(30-12-3-6-23-17-31-18-24(23)26(30)28)21-10-14-29(15-11-21)13-9-19-7-8-20-4-1-2-5-22(20)16-19/h1-2,4-5,7-8,16-18,21,27-28H,3,6,9-15H2. The van der Waals surface area contributed by atoms with Crippen molar-refractivity contribution in [2.45, 2.75) is 32.1 Å². The molecule has 0 radical (unpaired) electrons. The van der Waals surface area contributed by atoms with Gasteiger partial charge in [-0.25, -0.2) is 0 Å². The molecule has 1 fully saturated rings. The fourth-order valence-electron chi connectivity index (χ4n) is 4.98. The molecule has 0 unspecified atom stereocenters. The van der Waals surface area contributed by atoms with Crippen LogP contribution in [0.5, 0.6) is 0 Å². The number of amidine groups is 2. The minimum absolute atomic E-state index is 0.275. The second-order valence-corrected chi connectivity index (χ2v) is 9.59. The van der Waals surface area contributed by atoms with Gasteiger partial charge < -0.3 is 9.80 Å². The van der Waals surface area contributed by atoms with Gasteiger partial charge in [-0.3, -0.25) is 10.8 Å². The number of hydrogen-bond donors (Lipinski definition) is 2. The summed E-state index contributed by atoms with van der Waals surface area (Å²) in [6.07, 6.45) is 5.18. The zero-order chi connectivity index (χ0) is 21.2. The maximum atomic E-state index is 8.85. The van der Waals surface area contributed by atoms with Crippen LogP contribution in [-0.4, -0.2) is 47.7 Å². The van der Waals surface area contributed by atoms with Crippen LogP contribution in [0.3, 0.4) is 0 Å². The summed E-state index contributed by atoms with van der Waals surface area (Å²) in [4.78, 5) is 4.53. The minimum Gasteiger partial charge on any atom is -0.315 e. The third-order valence-corrected chi connectivity index (χ3v) is 7.68. The SMILES string of the molecule is N=C1c2cscc2CCCN1C(=N)C1CCN(CCc2ccc3ccccc3c2)CC1. The van der Waals surface area contributed by atoms with E-state index in [2.05, 4.69) is 58.1 Å². The summed E-state index contributed by atoms with van der Waals surface area (Å²) in [5.41, 5.74) is 3.73. The van der Waals surface area contributed by atoms with Gasteiger partial charge in [-0.05, 0) is 72.5 Å². The number of hydrogen-bond acceptors (Lipinski definition) is 4. The lowest BCUT2D eigenvalue weighted by molar-refractivity contribution is 0.207. The largest absolute Gasteiger partial charge is 0.315 e. The zero-order valence-electron chi connectivity index (χ0n) is 17.9. The number of rotatable bonds is 4. The van der Waals surface area contributed by atoms with Gasteiger partial charge in [0.15, 0.2) is 0 Å². The van der Waals surface area contributed by atoms with E-state index in [1.165, 1.54) is 21.9 Å². The Morgan fingerprint density at radius 2 is 1.81 bits per heavy atom. The molecular formula is C26H30N4S. The third-order valence-electron chi connectivity index (χ3n) is 6.89. The maximum absolute atomic E-state index is 8.85. The molecule has 160 valence electrons. The molecule has 0 atom stereocenters. The number of benzene rings is 2. The van der Waals surface area contributed by atoms with Gasteiger partial charge in [0, 0.05) is 30.0 Å². The molecule has 3 aromatic rings. The number of thiophene rings is 1. The van der Waals surface area contributed by atoms with Crippen molar-refractivity contribution in [2.24, 2.45) is 5.92 Å². The van der Waals surface area contributed by atoms with Gasteiger partial charge in [-0.2, -0.15) is 11.3 Å². The molecule has 0 spiro atoms. The topological polar surface area (TPSA) is 54.2 Å². The lowest BCUT2D eigenvalue weighted by atomic mass is 9.94. The molecule has 2 aliphatic rings. The third kappa shape index (κ3) is 4.30. The lowest BCUT2D eigenvalue weighted by Crippen LogP contribution is -2.45. The molecule has 1 aromatic heterocycles. The Hall–Kier alpha value is -2.50. The Kier molecular flexibility index (Phi) is 5.88. The first-order valence-corrected chi connectivity index (χ1v) is 12.3. The monoisotopic (exact) mass is 430 g/mol. The average molecular weight is 431 g/mol. The fourth-order valence-corrected chi connectivity index (χ4v) is 5.86. The fraction of sp³-hybridized carbons (Fsp3) is 0.385. The van der Waals surface area contributed by atoms with Crippen LogP contribution in [0.25, 0.3) is 10.8 Å². The molecule has 1 saturated heterocycles. The molecule has 5 heteroatoms. The molecule has 2 aromatic carbocycles. The summed E-state index contributed by atoms with van der Waals surface area (Å²) in [7, 11) is 0. The van der Waals surface area contributed by atoms with E-state index in [4.69, 9.17) is 10.8 Å². The molecule has 31 heavy (non-hydrogen) atoms. The van der Waals surface area contributed by atoms with Gasteiger partial charge in [0.25, 0.3) is 0 Å². The van der Waals surface area contributed by atoms with Crippen LogP contribution >= 0.6 is 11.3 Å². The van der Waals surface area contributed by atoms with Crippen LogP contribution < -0.4 is 0 Å². The van der Waals surface area contributed by atoms with Crippen LogP contribution in [0.2, 0.25) is 0 Å². The van der Waals surface area contributed by atoms with Crippen molar-refractivity contribution in [3.05, 3.63) is 69.9 Å². The number of nitrogens with zero attached hydrogens (tertiary/aromatic N) is 2. The first-order chi connectivity index (χ1) is 15.2. The van der Waals surface area contributed by atoms with E-state index in [0.717, 1.165) is 63.8 Å².